The number of carbonyl (C=O) groups excluding carboxylic acids is 1. The van der Waals surface area contributed by atoms with Crippen LogP contribution in [-0.4, -0.2) is 79.2 Å². The van der Waals surface area contributed by atoms with Crippen molar-refractivity contribution in [2.24, 2.45) is 0 Å². The van der Waals surface area contributed by atoms with Gasteiger partial charge in [0.05, 0.1) is 18.8 Å². The highest BCUT2D eigenvalue weighted by Crippen LogP contribution is 2.27. The van der Waals surface area contributed by atoms with E-state index in [1.165, 1.54) is 12.8 Å². The standard InChI is InChI=1S/C17H24N4O2/c22-17(21-7-5-19(6-8-21)15-2-3-15)14-1-4-16(18-13-14)20-9-11-23-12-10-20/h1,4,13,15H,2-3,5-12H2. The van der Waals surface area contributed by atoms with Gasteiger partial charge in [0.25, 0.3) is 5.91 Å². The Bertz CT molecular complexity index is 544. The summed E-state index contributed by atoms with van der Waals surface area (Å²) in [4.78, 5) is 23.8. The lowest BCUT2D eigenvalue weighted by Gasteiger charge is -2.34. The minimum absolute atomic E-state index is 0.112. The van der Waals surface area contributed by atoms with Gasteiger partial charge in [-0.25, -0.2) is 4.98 Å². The maximum atomic E-state index is 12.6. The van der Waals surface area contributed by atoms with Gasteiger partial charge in [-0.15, -0.1) is 0 Å². The highest BCUT2D eigenvalue weighted by atomic mass is 16.5. The normalized spacial score (nSPS) is 23.1. The van der Waals surface area contributed by atoms with Crippen LogP contribution in [0.25, 0.3) is 0 Å². The van der Waals surface area contributed by atoms with Crippen LogP contribution in [-0.2, 0) is 4.74 Å². The van der Waals surface area contributed by atoms with E-state index in [1.807, 2.05) is 17.0 Å². The number of anilines is 1. The van der Waals surface area contributed by atoms with Crippen LogP contribution < -0.4 is 4.90 Å². The fraction of sp³-hybridized carbons (Fsp3) is 0.647. The topological polar surface area (TPSA) is 48.9 Å². The van der Waals surface area contributed by atoms with Crippen molar-refractivity contribution < 1.29 is 9.53 Å². The number of ether oxygens (including phenoxy) is 1. The van der Waals surface area contributed by atoms with E-state index in [9.17, 15) is 4.79 Å². The minimum Gasteiger partial charge on any atom is -0.378 e. The van der Waals surface area contributed by atoms with E-state index in [2.05, 4.69) is 14.8 Å². The molecule has 3 aliphatic rings. The van der Waals surface area contributed by atoms with Gasteiger partial charge in [-0.2, -0.15) is 0 Å². The zero-order valence-electron chi connectivity index (χ0n) is 13.5. The summed E-state index contributed by atoms with van der Waals surface area (Å²) in [5.74, 6) is 1.05. The molecule has 23 heavy (non-hydrogen) atoms. The van der Waals surface area contributed by atoms with E-state index in [0.717, 1.165) is 64.3 Å². The Labute approximate surface area is 137 Å². The molecule has 6 heteroatoms. The van der Waals surface area contributed by atoms with Gasteiger partial charge in [-0.1, -0.05) is 0 Å². The lowest BCUT2D eigenvalue weighted by molar-refractivity contribution is 0.0627. The summed E-state index contributed by atoms with van der Waals surface area (Å²) in [7, 11) is 0. The third kappa shape index (κ3) is 3.33. The van der Waals surface area contributed by atoms with Gasteiger partial charge in [0.15, 0.2) is 0 Å². The molecule has 1 aromatic heterocycles. The number of piperazine rings is 1. The van der Waals surface area contributed by atoms with Crippen LogP contribution in [0.15, 0.2) is 18.3 Å². The molecule has 0 N–H and O–H groups in total. The van der Waals surface area contributed by atoms with Gasteiger partial charge in [-0.3, -0.25) is 9.69 Å². The molecular formula is C17H24N4O2. The van der Waals surface area contributed by atoms with Crippen molar-refractivity contribution in [3.63, 3.8) is 0 Å². The number of hydrogen-bond donors (Lipinski definition) is 0. The molecule has 0 radical (unpaired) electrons. The zero-order valence-corrected chi connectivity index (χ0v) is 13.5. The Kier molecular flexibility index (Phi) is 4.18. The number of nitrogens with zero attached hydrogens (tertiary/aromatic N) is 4. The van der Waals surface area contributed by atoms with Crippen molar-refractivity contribution in [2.75, 3.05) is 57.4 Å². The molecule has 1 aliphatic carbocycles. The first-order valence-corrected chi connectivity index (χ1v) is 8.63. The molecule has 2 aliphatic heterocycles. The lowest BCUT2D eigenvalue weighted by atomic mass is 10.2. The molecule has 0 atom stereocenters. The second-order valence-electron chi connectivity index (χ2n) is 6.56. The molecule has 1 aromatic rings. The number of pyridine rings is 1. The van der Waals surface area contributed by atoms with Crippen LogP contribution in [0.2, 0.25) is 0 Å². The molecule has 1 amide bonds. The average Bonchev–Trinajstić information content (AvgIpc) is 3.47. The molecule has 0 unspecified atom stereocenters. The first-order chi connectivity index (χ1) is 11.3. The predicted octanol–water partition coefficient (Wildman–Crippen LogP) is 0.838. The first-order valence-electron chi connectivity index (χ1n) is 8.63. The highest BCUT2D eigenvalue weighted by Gasteiger charge is 2.32. The largest absolute Gasteiger partial charge is 0.378 e. The Hall–Kier alpha value is -1.66. The first kappa shape index (κ1) is 14.9. The van der Waals surface area contributed by atoms with Crippen LogP contribution in [0, 0.1) is 0 Å². The SMILES string of the molecule is O=C(c1ccc(N2CCOCC2)nc1)N1CCN(C2CC2)CC1. The molecular weight excluding hydrogens is 292 g/mol. The molecule has 1 saturated carbocycles. The fourth-order valence-corrected chi connectivity index (χ4v) is 3.40. The van der Waals surface area contributed by atoms with Gasteiger partial charge in [0.2, 0.25) is 0 Å². The monoisotopic (exact) mass is 316 g/mol. The maximum Gasteiger partial charge on any atom is 0.255 e. The molecule has 3 heterocycles. The maximum absolute atomic E-state index is 12.6. The smallest absolute Gasteiger partial charge is 0.255 e. The second-order valence-corrected chi connectivity index (χ2v) is 6.56. The third-order valence-electron chi connectivity index (χ3n) is 4.99. The van der Waals surface area contributed by atoms with Crippen molar-refractivity contribution in [3.8, 4) is 0 Å². The van der Waals surface area contributed by atoms with Gasteiger partial charge >= 0.3 is 0 Å². The van der Waals surface area contributed by atoms with E-state index >= 15 is 0 Å². The summed E-state index contributed by atoms with van der Waals surface area (Å²) in [5.41, 5.74) is 0.696. The predicted molar refractivity (Wildman–Crippen MR) is 87.8 cm³/mol. The summed E-state index contributed by atoms with van der Waals surface area (Å²) in [5, 5.41) is 0. The molecule has 0 bridgehead atoms. The van der Waals surface area contributed by atoms with Gasteiger partial charge in [0.1, 0.15) is 5.82 Å². The Morgan fingerprint density at radius 2 is 1.78 bits per heavy atom. The van der Waals surface area contributed by atoms with Crippen LogP contribution in [0.5, 0.6) is 0 Å². The summed E-state index contributed by atoms with van der Waals surface area (Å²) in [6, 6.07) is 4.66. The van der Waals surface area contributed by atoms with E-state index in [4.69, 9.17) is 4.74 Å². The number of carbonyl (C=O) groups is 1. The van der Waals surface area contributed by atoms with Crippen LogP contribution in [0.4, 0.5) is 5.82 Å². The number of hydrogen-bond acceptors (Lipinski definition) is 5. The summed E-state index contributed by atoms with van der Waals surface area (Å²) in [6.45, 7) is 6.90. The Balaban J connectivity index is 1.36. The van der Waals surface area contributed by atoms with E-state index < -0.39 is 0 Å². The minimum atomic E-state index is 0.112. The van der Waals surface area contributed by atoms with Crippen LogP contribution in [0.1, 0.15) is 23.2 Å². The molecule has 124 valence electrons. The molecule has 6 nitrogen and oxygen atoms in total. The Morgan fingerprint density at radius 3 is 2.39 bits per heavy atom. The van der Waals surface area contributed by atoms with Gasteiger partial charge in [-0.05, 0) is 25.0 Å². The average molecular weight is 316 g/mol. The molecule has 0 spiro atoms. The van der Waals surface area contributed by atoms with Crippen molar-refractivity contribution in [1.29, 1.82) is 0 Å². The molecule has 0 aromatic carbocycles. The highest BCUT2D eigenvalue weighted by molar-refractivity contribution is 5.94. The zero-order chi connectivity index (χ0) is 15.6. The fourth-order valence-electron chi connectivity index (χ4n) is 3.40. The van der Waals surface area contributed by atoms with Crippen molar-refractivity contribution in [2.45, 2.75) is 18.9 Å². The summed E-state index contributed by atoms with van der Waals surface area (Å²) < 4.78 is 5.36. The quantitative estimate of drug-likeness (QED) is 0.827. The summed E-state index contributed by atoms with van der Waals surface area (Å²) in [6.07, 6.45) is 4.39. The van der Waals surface area contributed by atoms with Gasteiger partial charge < -0.3 is 14.5 Å². The number of amides is 1. The van der Waals surface area contributed by atoms with Crippen LogP contribution >= 0.6 is 0 Å². The second kappa shape index (κ2) is 6.45. The third-order valence-corrected chi connectivity index (χ3v) is 4.99. The van der Waals surface area contributed by atoms with Crippen molar-refractivity contribution >= 4 is 11.7 Å². The molecule has 2 saturated heterocycles. The van der Waals surface area contributed by atoms with Crippen molar-refractivity contribution in [1.82, 2.24) is 14.8 Å². The van der Waals surface area contributed by atoms with Gasteiger partial charge in [0, 0.05) is 51.5 Å². The van der Waals surface area contributed by atoms with E-state index in [0.29, 0.717) is 5.56 Å². The summed E-state index contributed by atoms with van der Waals surface area (Å²) >= 11 is 0. The Morgan fingerprint density at radius 1 is 1.04 bits per heavy atom. The molecule has 3 fully saturated rings. The number of rotatable bonds is 3. The molecule has 4 rings (SSSR count). The number of morpholine rings is 1. The van der Waals surface area contributed by atoms with Crippen LogP contribution in [0.3, 0.4) is 0 Å². The van der Waals surface area contributed by atoms with E-state index in [-0.39, 0.29) is 5.91 Å². The van der Waals surface area contributed by atoms with Crippen molar-refractivity contribution in [3.05, 3.63) is 23.9 Å². The lowest BCUT2D eigenvalue weighted by Crippen LogP contribution is -2.49. The van der Waals surface area contributed by atoms with E-state index in [1.54, 1.807) is 6.20 Å². The number of aromatic nitrogens is 1.